The van der Waals surface area contributed by atoms with E-state index >= 15 is 0 Å². The number of benzene rings is 1. The van der Waals surface area contributed by atoms with Gasteiger partial charge in [-0.1, -0.05) is 0 Å². The highest BCUT2D eigenvalue weighted by Crippen LogP contribution is 2.06. The number of rotatable bonds is 21. The van der Waals surface area contributed by atoms with Gasteiger partial charge in [0.2, 0.25) is 23.6 Å². The number of nitrogens with one attached hydrogen (secondary N) is 4. The van der Waals surface area contributed by atoms with Crippen molar-refractivity contribution >= 4 is 41.2 Å². The predicted octanol–water partition coefficient (Wildman–Crippen LogP) is -1.34. The number of aliphatic carboxylic acids is 1. The Hall–Kier alpha value is -4.24. The number of hydrogen-bond donors (Lipinski definition) is 7. The standard InChI is InChI=1S/C26H40N6O9/c1-17(33)31-21(26(38)39)9-10-22(34)29-12-13-40-14-15-41-16-23(35)32-20(24(28)36)4-2-3-11-30-25(37)18-5-7-19(27)8-6-18/h5-8,20-21H,2-4,9-16,27H2,1H3,(H2,28,36)(H,29,34)(H,30,37)(H,31,33)(H,32,35)(H,38,39). The van der Waals surface area contributed by atoms with Gasteiger partial charge in [0.25, 0.3) is 5.91 Å². The lowest BCUT2D eigenvalue weighted by Gasteiger charge is -2.15. The third kappa shape index (κ3) is 16.5. The topological polar surface area (TPSA) is 241 Å². The fraction of sp³-hybridized carbons (Fsp3) is 0.538. The number of anilines is 1. The highest BCUT2D eigenvalue weighted by Gasteiger charge is 2.19. The second-order valence-electron chi connectivity index (χ2n) is 9.04. The number of carboxylic acid groups (broad SMARTS) is 1. The Labute approximate surface area is 238 Å². The molecule has 2 unspecified atom stereocenters. The lowest BCUT2D eigenvalue weighted by atomic mass is 10.1. The molecule has 0 aliphatic carbocycles. The first kappa shape index (κ1) is 34.8. The van der Waals surface area contributed by atoms with Gasteiger partial charge in [-0.05, 0) is 49.9 Å². The molecule has 0 heterocycles. The van der Waals surface area contributed by atoms with Gasteiger partial charge in [0.15, 0.2) is 0 Å². The average molecular weight is 581 g/mol. The number of amides is 5. The number of unbranched alkanes of at least 4 members (excludes halogenated alkanes) is 1. The lowest BCUT2D eigenvalue weighted by Crippen LogP contribution is -2.45. The van der Waals surface area contributed by atoms with E-state index in [1.807, 2.05) is 0 Å². The summed E-state index contributed by atoms with van der Waals surface area (Å²) in [4.78, 5) is 69.7. The van der Waals surface area contributed by atoms with Crippen LogP contribution < -0.4 is 32.7 Å². The Balaban J connectivity index is 2.11. The van der Waals surface area contributed by atoms with E-state index in [2.05, 4.69) is 21.3 Å². The van der Waals surface area contributed by atoms with Gasteiger partial charge < -0.3 is 47.3 Å². The second kappa shape index (κ2) is 19.8. The minimum Gasteiger partial charge on any atom is -0.480 e. The number of carboxylic acids is 1. The number of nitrogens with two attached hydrogens (primary N) is 2. The molecular weight excluding hydrogens is 540 g/mol. The molecule has 0 spiro atoms. The van der Waals surface area contributed by atoms with Gasteiger partial charge in [-0.2, -0.15) is 0 Å². The van der Waals surface area contributed by atoms with Gasteiger partial charge in [0, 0.05) is 37.7 Å². The summed E-state index contributed by atoms with van der Waals surface area (Å²) in [6.07, 6.45) is 1.30. The minimum atomic E-state index is -1.22. The highest BCUT2D eigenvalue weighted by atomic mass is 16.5. The highest BCUT2D eigenvalue weighted by molar-refractivity contribution is 5.94. The molecule has 0 bridgehead atoms. The van der Waals surface area contributed by atoms with Gasteiger partial charge in [-0.3, -0.25) is 24.0 Å². The number of carbonyl (C=O) groups is 6. The third-order valence-electron chi connectivity index (χ3n) is 5.57. The van der Waals surface area contributed by atoms with Crippen molar-refractivity contribution in [3.05, 3.63) is 29.8 Å². The zero-order chi connectivity index (χ0) is 30.6. The van der Waals surface area contributed by atoms with E-state index in [0.29, 0.717) is 37.1 Å². The molecule has 0 fully saturated rings. The van der Waals surface area contributed by atoms with Crippen molar-refractivity contribution in [2.24, 2.45) is 5.73 Å². The van der Waals surface area contributed by atoms with E-state index in [-0.39, 0.29) is 57.6 Å². The molecule has 2 atom stereocenters. The molecule has 0 radical (unpaired) electrons. The fourth-order valence-corrected chi connectivity index (χ4v) is 3.45. The van der Waals surface area contributed by atoms with Crippen molar-refractivity contribution in [2.45, 2.75) is 51.1 Å². The van der Waals surface area contributed by atoms with E-state index in [1.54, 1.807) is 24.3 Å². The van der Waals surface area contributed by atoms with Crippen LogP contribution in [0.2, 0.25) is 0 Å². The van der Waals surface area contributed by atoms with Crippen LogP contribution in [0.15, 0.2) is 24.3 Å². The lowest BCUT2D eigenvalue weighted by molar-refractivity contribution is -0.141. The van der Waals surface area contributed by atoms with Crippen LogP contribution in [0.3, 0.4) is 0 Å². The van der Waals surface area contributed by atoms with Crippen molar-refractivity contribution in [3.8, 4) is 0 Å². The molecule has 15 heteroatoms. The van der Waals surface area contributed by atoms with Crippen molar-refractivity contribution < 1.29 is 43.3 Å². The van der Waals surface area contributed by atoms with E-state index in [0.717, 1.165) is 0 Å². The van der Waals surface area contributed by atoms with Crippen LogP contribution in [0.25, 0.3) is 0 Å². The Morgan fingerprint density at radius 3 is 2.15 bits per heavy atom. The molecular formula is C26H40N6O9. The summed E-state index contributed by atoms with van der Waals surface area (Å²) in [5.74, 6) is -3.53. The maximum atomic E-state index is 12.1. The summed E-state index contributed by atoms with van der Waals surface area (Å²) >= 11 is 0. The summed E-state index contributed by atoms with van der Waals surface area (Å²) < 4.78 is 10.5. The van der Waals surface area contributed by atoms with E-state index in [9.17, 15) is 28.8 Å². The number of hydrogen-bond acceptors (Lipinski definition) is 9. The van der Waals surface area contributed by atoms with Crippen molar-refractivity contribution in [1.82, 2.24) is 21.3 Å². The summed E-state index contributed by atoms with van der Waals surface area (Å²) in [7, 11) is 0. The maximum Gasteiger partial charge on any atom is 0.326 e. The van der Waals surface area contributed by atoms with Crippen LogP contribution in [-0.2, 0) is 33.4 Å². The quantitative estimate of drug-likeness (QED) is 0.0666. The molecule has 228 valence electrons. The number of nitrogen functional groups attached to an aromatic ring is 1. The van der Waals surface area contributed by atoms with Crippen molar-refractivity contribution in [1.29, 1.82) is 0 Å². The predicted molar refractivity (Wildman–Crippen MR) is 147 cm³/mol. The number of primary amides is 1. The van der Waals surface area contributed by atoms with Gasteiger partial charge in [-0.25, -0.2) is 4.79 Å². The number of carbonyl (C=O) groups excluding carboxylic acids is 5. The molecule has 0 saturated heterocycles. The van der Waals surface area contributed by atoms with Gasteiger partial charge in [-0.15, -0.1) is 0 Å². The molecule has 1 aromatic rings. The monoisotopic (exact) mass is 580 g/mol. The molecule has 15 nitrogen and oxygen atoms in total. The number of ether oxygens (including phenoxy) is 2. The average Bonchev–Trinajstić information content (AvgIpc) is 2.91. The second-order valence-corrected chi connectivity index (χ2v) is 9.04. The molecule has 1 aromatic carbocycles. The normalized spacial score (nSPS) is 12.0. The zero-order valence-corrected chi connectivity index (χ0v) is 23.1. The fourth-order valence-electron chi connectivity index (χ4n) is 3.45. The largest absolute Gasteiger partial charge is 0.480 e. The summed E-state index contributed by atoms with van der Waals surface area (Å²) in [6, 6.07) is 4.51. The first-order valence-electron chi connectivity index (χ1n) is 13.1. The summed E-state index contributed by atoms with van der Waals surface area (Å²) in [5, 5.41) is 19.1. The molecule has 0 saturated carbocycles. The molecule has 41 heavy (non-hydrogen) atoms. The maximum absolute atomic E-state index is 12.1. The molecule has 5 amide bonds. The molecule has 0 aliphatic rings. The van der Waals surface area contributed by atoms with Gasteiger partial charge >= 0.3 is 5.97 Å². The van der Waals surface area contributed by atoms with Crippen molar-refractivity contribution in [2.75, 3.05) is 45.3 Å². The Kier molecular flexibility index (Phi) is 16.8. The van der Waals surface area contributed by atoms with Gasteiger partial charge in [0.1, 0.15) is 18.7 Å². The zero-order valence-electron chi connectivity index (χ0n) is 23.1. The molecule has 1 rings (SSSR count). The summed E-state index contributed by atoms with van der Waals surface area (Å²) in [6.45, 7) is 1.86. The van der Waals surface area contributed by atoms with Crippen molar-refractivity contribution in [3.63, 3.8) is 0 Å². The van der Waals surface area contributed by atoms with E-state index < -0.39 is 35.8 Å². The van der Waals surface area contributed by atoms with E-state index in [1.165, 1.54) is 6.92 Å². The van der Waals surface area contributed by atoms with Crippen LogP contribution in [0.1, 0.15) is 49.4 Å². The SMILES string of the molecule is CC(=O)NC(CCC(=O)NCCOCCOCC(=O)NC(CCCCNC(=O)c1ccc(N)cc1)C(N)=O)C(=O)O. The van der Waals surface area contributed by atoms with Crippen LogP contribution in [0.5, 0.6) is 0 Å². The Morgan fingerprint density at radius 1 is 0.829 bits per heavy atom. The van der Waals surface area contributed by atoms with Crippen LogP contribution in [0, 0.1) is 0 Å². The van der Waals surface area contributed by atoms with Crippen LogP contribution >= 0.6 is 0 Å². The third-order valence-corrected chi connectivity index (χ3v) is 5.57. The van der Waals surface area contributed by atoms with E-state index in [4.69, 9.17) is 26.0 Å². The first-order chi connectivity index (χ1) is 19.5. The summed E-state index contributed by atoms with van der Waals surface area (Å²) in [5.41, 5.74) is 12.0. The van der Waals surface area contributed by atoms with Crippen LogP contribution in [-0.4, -0.2) is 92.2 Å². The van der Waals surface area contributed by atoms with Crippen LogP contribution in [0.4, 0.5) is 5.69 Å². The first-order valence-corrected chi connectivity index (χ1v) is 13.1. The molecule has 0 aromatic heterocycles. The molecule has 0 aliphatic heterocycles. The Morgan fingerprint density at radius 2 is 1.51 bits per heavy atom. The minimum absolute atomic E-state index is 0.0440. The smallest absolute Gasteiger partial charge is 0.326 e. The Bertz CT molecular complexity index is 1020. The van der Waals surface area contributed by atoms with Gasteiger partial charge in [0.05, 0.1) is 19.8 Å². The molecule has 9 N–H and O–H groups in total.